The maximum atomic E-state index is 11.8. The molecular weight excluding hydrogens is 186 g/mol. The van der Waals surface area contributed by atoms with Gasteiger partial charge in [0.2, 0.25) is 10.0 Å². The third-order valence-electron chi connectivity index (χ3n) is 2.11. The molecule has 0 bridgehead atoms. The monoisotopic (exact) mass is 201 g/mol. The average molecular weight is 201 g/mol. The normalized spacial score (nSPS) is 16.7. The number of rotatable bonds is 4. The van der Waals surface area contributed by atoms with Gasteiger partial charge in [0.25, 0.3) is 0 Å². The molecule has 0 unspecified atom stereocenters. The summed E-state index contributed by atoms with van der Waals surface area (Å²) in [6.07, 6.45) is 5.86. The topological polar surface area (TPSA) is 37.4 Å². The first kappa shape index (κ1) is 10.5. The molecule has 0 radical (unpaired) electrons. The highest BCUT2D eigenvalue weighted by atomic mass is 32.2. The zero-order valence-electron chi connectivity index (χ0n) is 8.03. The van der Waals surface area contributed by atoms with Gasteiger partial charge in [0.15, 0.2) is 0 Å². The van der Waals surface area contributed by atoms with Gasteiger partial charge in [0.1, 0.15) is 0 Å². The first-order valence-corrected chi connectivity index (χ1v) is 5.92. The Morgan fingerprint density at radius 2 is 2.00 bits per heavy atom. The fraction of sp³-hybridized carbons (Fsp3) is 0.556. The van der Waals surface area contributed by atoms with Gasteiger partial charge in [-0.1, -0.05) is 26.0 Å². The molecule has 1 rings (SSSR count). The van der Waals surface area contributed by atoms with E-state index in [-0.39, 0.29) is 0 Å². The van der Waals surface area contributed by atoms with Crippen LogP contribution < -0.4 is 0 Å². The maximum absolute atomic E-state index is 11.8. The molecule has 1 aliphatic carbocycles. The largest absolute Gasteiger partial charge is 0.239 e. The van der Waals surface area contributed by atoms with Crippen molar-refractivity contribution < 1.29 is 8.42 Å². The van der Waals surface area contributed by atoms with Gasteiger partial charge in [0.05, 0.1) is 4.91 Å². The molecule has 74 valence electrons. The summed E-state index contributed by atoms with van der Waals surface area (Å²) in [4.78, 5) is 0.510. The Kier molecular flexibility index (Phi) is 3.27. The van der Waals surface area contributed by atoms with Crippen LogP contribution in [0, 0.1) is 0 Å². The SMILES string of the molecule is CCN(CC)S(=O)(=O)C1=CC=CC1. The quantitative estimate of drug-likeness (QED) is 0.691. The molecule has 0 saturated carbocycles. The van der Waals surface area contributed by atoms with E-state index in [0.717, 1.165) is 0 Å². The Balaban J connectivity index is 2.88. The summed E-state index contributed by atoms with van der Waals surface area (Å²) in [5.74, 6) is 0. The van der Waals surface area contributed by atoms with Gasteiger partial charge in [-0.25, -0.2) is 8.42 Å². The van der Waals surface area contributed by atoms with Crippen LogP contribution in [0.2, 0.25) is 0 Å². The summed E-state index contributed by atoms with van der Waals surface area (Å²) in [7, 11) is -3.17. The zero-order chi connectivity index (χ0) is 9.90. The minimum atomic E-state index is -3.17. The third-order valence-corrected chi connectivity index (χ3v) is 4.28. The van der Waals surface area contributed by atoms with Crippen molar-refractivity contribution in [3.8, 4) is 0 Å². The Morgan fingerprint density at radius 1 is 1.38 bits per heavy atom. The molecule has 0 heterocycles. The Labute approximate surface area is 79.8 Å². The number of allylic oxidation sites excluding steroid dienone is 4. The third kappa shape index (κ3) is 2.00. The van der Waals surface area contributed by atoms with E-state index in [1.807, 2.05) is 19.9 Å². The Hall–Kier alpha value is -0.610. The van der Waals surface area contributed by atoms with Crippen LogP contribution in [-0.2, 0) is 10.0 Å². The summed E-state index contributed by atoms with van der Waals surface area (Å²) in [5.41, 5.74) is 0. The Bertz CT molecular complexity index is 324. The van der Waals surface area contributed by atoms with Crippen LogP contribution in [0.25, 0.3) is 0 Å². The van der Waals surface area contributed by atoms with Crippen molar-refractivity contribution >= 4 is 10.0 Å². The van der Waals surface area contributed by atoms with E-state index in [2.05, 4.69) is 0 Å². The smallest absolute Gasteiger partial charge is 0.207 e. The number of hydrogen-bond donors (Lipinski definition) is 0. The van der Waals surface area contributed by atoms with Crippen molar-refractivity contribution in [3.05, 3.63) is 23.1 Å². The zero-order valence-corrected chi connectivity index (χ0v) is 8.84. The van der Waals surface area contributed by atoms with Gasteiger partial charge in [0, 0.05) is 19.5 Å². The summed E-state index contributed by atoms with van der Waals surface area (Å²) in [5, 5.41) is 0. The van der Waals surface area contributed by atoms with Crippen LogP contribution >= 0.6 is 0 Å². The highest BCUT2D eigenvalue weighted by Gasteiger charge is 2.23. The molecular formula is C9H15NO2S. The predicted molar refractivity (Wildman–Crippen MR) is 53.7 cm³/mol. The van der Waals surface area contributed by atoms with Crippen LogP contribution in [0.5, 0.6) is 0 Å². The molecule has 0 amide bonds. The van der Waals surface area contributed by atoms with Crippen LogP contribution in [0.3, 0.4) is 0 Å². The predicted octanol–water partition coefficient (Wildman–Crippen LogP) is 1.50. The highest BCUT2D eigenvalue weighted by molar-refractivity contribution is 7.93. The second-order valence-electron chi connectivity index (χ2n) is 2.85. The lowest BCUT2D eigenvalue weighted by molar-refractivity contribution is 0.450. The van der Waals surface area contributed by atoms with Crippen molar-refractivity contribution in [2.45, 2.75) is 20.3 Å². The summed E-state index contributed by atoms with van der Waals surface area (Å²) < 4.78 is 25.1. The van der Waals surface area contributed by atoms with E-state index in [1.165, 1.54) is 4.31 Å². The first-order chi connectivity index (χ1) is 6.12. The standard InChI is InChI=1S/C9H15NO2S/c1-3-10(4-2)13(11,12)9-7-5-6-8-9/h5-7H,3-4,8H2,1-2H3. The van der Waals surface area contributed by atoms with Gasteiger partial charge in [-0.2, -0.15) is 4.31 Å². The summed E-state index contributed by atoms with van der Waals surface area (Å²) in [6.45, 7) is 4.78. The molecule has 1 aliphatic rings. The molecule has 0 fully saturated rings. The highest BCUT2D eigenvalue weighted by Crippen LogP contribution is 2.20. The second kappa shape index (κ2) is 4.07. The van der Waals surface area contributed by atoms with E-state index < -0.39 is 10.0 Å². The Morgan fingerprint density at radius 3 is 2.38 bits per heavy atom. The molecule has 3 nitrogen and oxygen atoms in total. The fourth-order valence-corrected chi connectivity index (χ4v) is 2.92. The van der Waals surface area contributed by atoms with E-state index in [4.69, 9.17) is 0 Å². The lowest BCUT2D eigenvalue weighted by Gasteiger charge is -2.18. The minimum absolute atomic E-state index is 0.510. The molecule has 0 aliphatic heterocycles. The molecule has 4 heteroatoms. The molecule has 0 saturated heterocycles. The van der Waals surface area contributed by atoms with E-state index in [9.17, 15) is 8.42 Å². The molecule has 0 aromatic heterocycles. The number of nitrogens with zero attached hydrogens (tertiary/aromatic N) is 1. The van der Waals surface area contributed by atoms with Crippen molar-refractivity contribution in [1.29, 1.82) is 0 Å². The molecule has 0 N–H and O–H groups in total. The first-order valence-electron chi connectivity index (χ1n) is 4.48. The fourth-order valence-electron chi connectivity index (χ4n) is 1.35. The lowest BCUT2D eigenvalue weighted by Crippen LogP contribution is -2.31. The molecule has 13 heavy (non-hydrogen) atoms. The van der Waals surface area contributed by atoms with Crippen LogP contribution in [0.15, 0.2) is 23.1 Å². The molecule has 0 atom stereocenters. The average Bonchev–Trinajstić information content (AvgIpc) is 2.58. The van der Waals surface area contributed by atoms with Crippen LogP contribution in [0.4, 0.5) is 0 Å². The second-order valence-corrected chi connectivity index (χ2v) is 4.85. The number of hydrogen-bond acceptors (Lipinski definition) is 2. The van der Waals surface area contributed by atoms with Crippen molar-refractivity contribution in [2.24, 2.45) is 0 Å². The van der Waals surface area contributed by atoms with E-state index in [0.29, 0.717) is 24.4 Å². The molecule has 0 aromatic carbocycles. The van der Waals surface area contributed by atoms with Crippen molar-refractivity contribution in [1.82, 2.24) is 4.31 Å². The van der Waals surface area contributed by atoms with E-state index >= 15 is 0 Å². The molecule has 0 aromatic rings. The van der Waals surface area contributed by atoms with Crippen molar-refractivity contribution in [2.75, 3.05) is 13.1 Å². The summed E-state index contributed by atoms with van der Waals surface area (Å²) >= 11 is 0. The number of sulfonamides is 1. The lowest BCUT2D eigenvalue weighted by atomic mass is 10.5. The van der Waals surface area contributed by atoms with Crippen molar-refractivity contribution in [3.63, 3.8) is 0 Å². The van der Waals surface area contributed by atoms with Gasteiger partial charge in [-0.3, -0.25) is 0 Å². The summed E-state index contributed by atoms with van der Waals surface area (Å²) in [6, 6.07) is 0. The van der Waals surface area contributed by atoms with Crippen LogP contribution in [0.1, 0.15) is 20.3 Å². The van der Waals surface area contributed by atoms with Gasteiger partial charge >= 0.3 is 0 Å². The minimum Gasteiger partial charge on any atom is -0.207 e. The van der Waals surface area contributed by atoms with Gasteiger partial charge in [-0.05, 0) is 6.08 Å². The van der Waals surface area contributed by atoms with Gasteiger partial charge in [-0.15, -0.1) is 0 Å². The van der Waals surface area contributed by atoms with E-state index in [1.54, 1.807) is 12.2 Å². The maximum Gasteiger partial charge on any atom is 0.239 e. The molecule has 0 spiro atoms. The van der Waals surface area contributed by atoms with Crippen LogP contribution in [-0.4, -0.2) is 25.8 Å². The van der Waals surface area contributed by atoms with Gasteiger partial charge < -0.3 is 0 Å².